The second-order valence-electron chi connectivity index (χ2n) is 22.0. The molecule has 8 aromatic carbocycles. The predicted molar refractivity (Wildman–Crippen MR) is 357 cm³/mol. The number of halogens is 4. The summed E-state index contributed by atoms with van der Waals surface area (Å²) in [5, 5.41) is 12.4. The van der Waals surface area contributed by atoms with Gasteiger partial charge in [-0.15, -0.1) is 0 Å². The molecule has 0 bridgehead atoms. The third-order valence-corrected chi connectivity index (χ3v) is 17.7. The lowest BCUT2D eigenvalue weighted by Crippen LogP contribution is -2.47. The minimum absolute atomic E-state index is 0.0953. The molecule has 0 fully saturated rings. The van der Waals surface area contributed by atoms with Crippen molar-refractivity contribution in [2.24, 2.45) is 28.2 Å². The van der Waals surface area contributed by atoms with E-state index in [2.05, 4.69) is 83.0 Å². The summed E-state index contributed by atoms with van der Waals surface area (Å²) in [6, 6.07) is 62.8. The highest BCUT2D eigenvalue weighted by Crippen LogP contribution is 2.44. The molecule has 444 valence electrons. The van der Waals surface area contributed by atoms with Crippen LogP contribution >= 0.6 is 46.4 Å². The molecule has 12 nitrogen and oxygen atoms in total. The Morgan fingerprint density at radius 2 is 0.795 bits per heavy atom. The molecule has 4 aromatic heterocycles. The molecule has 12 rings (SSSR count). The van der Waals surface area contributed by atoms with Crippen molar-refractivity contribution in [3.05, 3.63) is 305 Å². The molecule has 4 atom stereocenters. The standard InChI is InChI=1S/2C36H32Cl2N4O2/c2*1-23(24-8-15-30(44-4)16-9-24)40-36(34-21-39-22-41(34)2,26-10-13-28(37)14-11-26)27-12-17-33-32(19-27)31(20-35(43)42(33)3)25-6-5-7-29(38)18-25/h2*5-23,40H,1-4H3/t23-,36+;23-,36-/m00/s1. The van der Waals surface area contributed by atoms with Gasteiger partial charge in [0.1, 0.15) is 22.6 Å². The molecular formula is C72H64Cl4N8O4. The second-order valence-corrected chi connectivity index (χ2v) is 23.7. The van der Waals surface area contributed by atoms with Crippen molar-refractivity contribution in [3.8, 4) is 33.8 Å². The van der Waals surface area contributed by atoms with Crippen molar-refractivity contribution < 1.29 is 9.47 Å². The van der Waals surface area contributed by atoms with Crippen LogP contribution in [-0.2, 0) is 39.3 Å². The number of imidazole rings is 2. The Hall–Kier alpha value is -8.72. The fourth-order valence-corrected chi connectivity index (χ4v) is 12.7. The van der Waals surface area contributed by atoms with Crippen LogP contribution in [0.5, 0.6) is 11.5 Å². The first-order valence-corrected chi connectivity index (χ1v) is 30.0. The monoisotopic (exact) mass is 1240 g/mol. The molecule has 0 saturated heterocycles. The third kappa shape index (κ3) is 11.8. The van der Waals surface area contributed by atoms with Gasteiger partial charge in [0, 0.05) is 83.3 Å². The van der Waals surface area contributed by atoms with E-state index in [4.69, 9.17) is 55.9 Å². The van der Waals surface area contributed by atoms with Gasteiger partial charge >= 0.3 is 0 Å². The van der Waals surface area contributed by atoms with Crippen molar-refractivity contribution in [2.75, 3.05) is 14.2 Å². The number of nitrogens with one attached hydrogen (secondary N) is 2. The third-order valence-electron chi connectivity index (χ3n) is 16.7. The van der Waals surface area contributed by atoms with E-state index < -0.39 is 11.1 Å². The van der Waals surface area contributed by atoms with Gasteiger partial charge < -0.3 is 27.7 Å². The first-order chi connectivity index (χ1) is 42.4. The number of hydrogen-bond donors (Lipinski definition) is 2. The highest BCUT2D eigenvalue weighted by molar-refractivity contribution is 6.31. The Morgan fingerprint density at radius 3 is 1.12 bits per heavy atom. The number of benzene rings is 8. The van der Waals surface area contributed by atoms with Crippen LogP contribution in [0.1, 0.15) is 70.7 Å². The van der Waals surface area contributed by atoms with E-state index in [-0.39, 0.29) is 23.2 Å². The minimum Gasteiger partial charge on any atom is -0.497 e. The van der Waals surface area contributed by atoms with Crippen LogP contribution in [0.25, 0.3) is 44.1 Å². The van der Waals surface area contributed by atoms with Crippen LogP contribution in [0.15, 0.2) is 229 Å². The minimum atomic E-state index is -0.871. The fourth-order valence-electron chi connectivity index (χ4n) is 12.0. The molecule has 12 aromatic rings. The zero-order valence-corrected chi connectivity index (χ0v) is 52.8. The Kier molecular flexibility index (Phi) is 17.7. The van der Waals surface area contributed by atoms with Gasteiger partial charge in [0.25, 0.3) is 11.1 Å². The predicted octanol–water partition coefficient (Wildman–Crippen LogP) is 15.8. The van der Waals surface area contributed by atoms with Crippen molar-refractivity contribution in [3.63, 3.8) is 0 Å². The zero-order valence-electron chi connectivity index (χ0n) is 49.8. The molecule has 0 unspecified atom stereocenters. The highest BCUT2D eigenvalue weighted by atomic mass is 35.5. The number of pyridine rings is 2. The summed E-state index contributed by atoms with van der Waals surface area (Å²) in [5.74, 6) is 1.59. The van der Waals surface area contributed by atoms with E-state index in [0.717, 1.165) is 100 Å². The van der Waals surface area contributed by atoms with Gasteiger partial charge in [0.05, 0.1) is 61.7 Å². The van der Waals surface area contributed by atoms with E-state index in [1.807, 2.05) is 182 Å². The van der Waals surface area contributed by atoms with Gasteiger partial charge in [-0.25, -0.2) is 9.97 Å². The van der Waals surface area contributed by atoms with Crippen molar-refractivity contribution in [1.29, 1.82) is 0 Å². The number of rotatable bonds is 16. The first-order valence-electron chi connectivity index (χ1n) is 28.5. The molecule has 88 heavy (non-hydrogen) atoms. The largest absolute Gasteiger partial charge is 0.497 e. The molecule has 0 saturated carbocycles. The van der Waals surface area contributed by atoms with E-state index >= 15 is 0 Å². The van der Waals surface area contributed by atoms with Crippen molar-refractivity contribution >= 4 is 68.2 Å². The number of methoxy groups -OCH3 is 2. The molecule has 0 aliphatic heterocycles. The van der Waals surface area contributed by atoms with Crippen LogP contribution in [0, 0.1) is 0 Å². The van der Waals surface area contributed by atoms with E-state index in [0.29, 0.717) is 20.1 Å². The van der Waals surface area contributed by atoms with Gasteiger partial charge in [-0.3, -0.25) is 20.2 Å². The van der Waals surface area contributed by atoms with E-state index in [1.165, 1.54) is 0 Å². The molecule has 0 amide bonds. The van der Waals surface area contributed by atoms with E-state index in [9.17, 15) is 9.59 Å². The molecule has 0 aliphatic carbocycles. The van der Waals surface area contributed by atoms with Gasteiger partial charge in [-0.2, -0.15) is 0 Å². The van der Waals surface area contributed by atoms with E-state index in [1.54, 1.807) is 49.6 Å². The molecular weight excluding hydrogens is 1180 g/mol. The smallest absolute Gasteiger partial charge is 0.251 e. The van der Waals surface area contributed by atoms with Gasteiger partial charge in [0.2, 0.25) is 0 Å². The van der Waals surface area contributed by atoms with Crippen LogP contribution in [0.3, 0.4) is 0 Å². The Bertz CT molecular complexity index is 4330. The number of hydrogen-bond acceptors (Lipinski definition) is 8. The van der Waals surface area contributed by atoms with Gasteiger partial charge in [-0.05, 0) is 167 Å². The van der Waals surface area contributed by atoms with Crippen LogP contribution in [0.4, 0.5) is 0 Å². The summed E-state index contributed by atoms with van der Waals surface area (Å²) in [7, 11) is 10.9. The molecule has 0 aliphatic rings. The summed E-state index contributed by atoms with van der Waals surface area (Å²) in [4.78, 5) is 35.3. The SMILES string of the molecule is COc1ccc([C@H](C)N[C@@](c2ccc(Cl)cc2)(c2ccc3c(c2)c(-c2cccc(Cl)c2)cc(=O)n3C)c2cncn2C)cc1.COc1ccc([C@H](C)N[C@](c2ccc(Cl)cc2)(c2ccc3c(c2)c(-c2cccc(Cl)c2)cc(=O)n3C)c2cncn2C)cc1. The lowest BCUT2D eigenvalue weighted by molar-refractivity contribution is 0.395. The fraction of sp³-hybridized carbons (Fsp3) is 0.167. The Morgan fingerprint density at radius 1 is 0.432 bits per heavy atom. The Labute approximate surface area is 531 Å². The zero-order chi connectivity index (χ0) is 62.0. The van der Waals surface area contributed by atoms with Crippen molar-refractivity contribution in [1.82, 2.24) is 38.9 Å². The average molecular weight is 1250 g/mol. The van der Waals surface area contributed by atoms with Crippen LogP contribution < -0.4 is 31.2 Å². The molecule has 4 heterocycles. The summed E-state index contributed by atoms with van der Waals surface area (Å²) in [6.07, 6.45) is 7.40. The number of ether oxygens (including phenoxy) is 2. The molecule has 0 spiro atoms. The van der Waals surface area contributed by atoms with Crippen LogP contribution in [0.2, 0.25) is 20.1 Å². The number of aryl methyl sites for hydroxylation is 4. The Balaban J connectivity index is 0.000000182. The first kappa shape index (κ1) is 60.9. The molecule has 0 radical (unpaired) electrons. The van der Waals surface area contributed by atoms with Gasteiger partial charge in [-0.1, -0.05) is 131 Å². The summed E-state index contributed by atoms with van der Waals surface area (Å²) in [6.45, 7) is 4.29. The summed E-state index contributed by atoms with van der Waals surface area (Å²) in [5.41, 5.74) is 11.0. The van der Waals surface area contributed by atoms with Crippen molar-refractivity contribution in [2.45, 2.75) is 37.0 Å². The summed E-state index contributed by atoms with van der Waals surface area (Å²) < 4.78 is 18.2. The highest BCUT2D eigenvalue weighted by Gasteiger charge is 2.42. The van der Waals surface area contributed by atoms with Crippen LogP contribution in [-0.4, -0.2) is 42.5 Å². The summed E-state index contributed by atoms with van der Waals surface area (Å²) >= 11 is 25.6. The topological polar surface area (TPSA) is 122 Å². The number of fused-ring (bicyclic) bond motifs is 2. The second kappa shape index (κ2) is 25.5. The molecule has 16 heteroatoms. The normalized spacial score (nSPS) is 13.5. The lowest BCUT2D eigenvalue weighted by atomic mass is 9.78. The van der Waals surface area contributed by atoms with Gasteiger partial charge in [0.15, 0.2) is 0 Å². The lowest BCUT2D eigenvalue weighted by Gasteiger charge is -2.39. The quantitative estimate of drug-likeness (QED) is 0.0981. The maximum atomic E-state index is 13.1. The molecule has 2 N–H and O–H groups in total. The number of aromatic nitrogens is 6. The maximum absolute atomic E-state index is 13.1. The number of nitrogens with zero attached hydrogens (tertiary/aromatic N) is 6. The average Bonchev–Trinajstić information content (AvgIpc) is 2.41. The maximum Gasteiger partial charge on any atom is 0.251 e.